The van der Waals surface area contributed by atoms with E-state index in [9.17, 15) is 4.39 Å². The Kier molecular flexibility index (Phi) is 3.07. The van der Waals surface area contributed by atoms with Gasteiger partial charge in [-0.3, -0.25) is 4.39 Å². The molecule has 0 aromatic heterocycles. The molecule has 0 bridgehead atoms. The normalized spacial score (nSPS) is 10.9. The van der Waals surface area contributed by atoms with Gasteiger partial charge in [0.1, 0.15) is 0 Å². The van der Waals surface area contributed by atoms with Gasteiger partial charge in [-0.15, -0.1) is 0 Å². The molecule has 0 N–H and O–H groups in total. The first-order chi connectivity index (χ1) is 6.07. The van der Waals surface area contributed by atoms with Gasteiger partial charge >= 0.3 is 0 Å². The maximum atomic E-state index is 12.5. The maximum absolute atomic E-state index is 12.5. The van der Waals surface area contributed by atoms with E-state index in [0.29, 0.717) is 0 Å². The van der Waals surface area contributed by atoms with Crippen LogP contribution in [-0.4, -0.2) is 6.67 Å². The van der Waals surface area contributed by atoms with Crippen molar-refractivity contribution in [2.24, 2.45) is 0 Å². The van der Waals surface area contributed by atoms with Crippen molar-refractivity contribution >= 4 is 0 Å². The van der Waals surface area contributed by atoms with Crippen LogP contribution in [0.3, 0.4) is 0 Å². The van der Waals surface area contributed by atoms with Gasteiger partial charge in [0.25, 0.3) is 0 Å². The molecule has 0 atom stereocenters. The number of halogens is 1. The Morgan fingerprint density at radius 3 is 2.23 bits per heavy atom. The molecule has 1 heteroatoms. The highest BCUT2D eigenvalue weighted by Gasteiger charge is 2.12. The number of rotatable bonds is 2. The summed E-state index contributed by atoms with van der Waals surface area (Å²) in [4.78, 5) is 0. The van der Waals surface area contributed by atoms with E-state index in [4.69, 9.17) is 0 Å². The summed E-state index contributed by atoms with van der Waals surface area (Å²) >= 11 is 0. The number of hydrogen-bond acceptors (Lipinski definition) is 0. The third kappa shape index (κ3) is 1.90. The molecule has 13 heavy (non-hydrogen) atoms. The predicted octanol–water partition coefficient (Wildman–Crippen LogP) is 3.52. The summed E-state index contributed by atoms with van der Waals surface area (Å²) in [7, 11) is 0. The molecule has 0 spiro atoms. The second kappa shape index (κ2) is 3.91. The zero-order chi connectivity index (χ0) is 10.0. The van der Waals surface area contributed by atoms with Gasteiger partial charge in [0.2, 0.25) is 0 Å². The van der Waals surface area contributed by atoms with E-state index in [0.717, 1.165) is 11.5 Å². The molecule has 1 radical (unpaired) electrons. The Bertz CT molecular complexity index is 302. The van der Waals surface area contributed by atoms with Crippen LogP contribution in [-0.2, 0) is 0 Å². The molecule has 71 valence electrons. The fraction of sp³-hybridized carbons (Fsp3) is 0.417. The van der Waals surface area contributed by atoms with Gasteiger partial charge in [0.05, 0.1) is 6.67 Å². The van der Waals surface area contributed by atoms with Crippen molar-refractivity contribution in [3.8, 4) is 0 Å². The van der Waals surface area contributed by atoms with Crippen LogP contribution in [0.1, 0.15) is 29.2 Å². The number of benzene rings is 1. The molecule has 1 rings (SSSR count). The highest BCUT2D eigenvalue weighted by atomic mass is 19.1. The molecule has 0 saturated carbocycles. The van der Waals surface area contributed by atoms with Crippen molar-refractivity contribution in [3.63, 3.8) is 0 Å². The van der Waals surface area contributed by atoms with E-state index < -0.39 is 0 Å². The molecular formula is C12H16F. The van der Waals surface area contributed by atoms with Crippen LogP contribution in [0, 0.1) is 26.7 Å². The largest absolute Gasteiger partial charge is 0.250 e. The third-order valence-electron chi connectivity index (χ3n) is 2.57. The van der Waals surface area contributed by atoms with Crippen LogP contribution in [0.15, 0.2) is 12.1 Å². The summed E-state index contributed by atoms with van der Waals surface area (Å²) in [5, 5.41) is 0. The Labute approximate surface area is 79.8 Å². The lowest BCUT2D eigenvalue weighted by Crippen LogP contribution is -2.03. The number of aryl methyl sites for hydroxylation is 2. The molecule has 0 aliphatic heterocycles. The van der Waals surface area contributed by atoms with Gasteiger partial charge in [0.15, 0.2) is 0 Å². The molecule has 1 aromatic carbocycles. The van der Waals surface area contributed by atoms with Crippen molar-refractivity contribution in [2.45, 2.75) is 27.7 Å². The van der Waals surface area contributed by atoms with Gasteiger partial charge in [0, 0.05) is 5.92 Å². The second-order valence-electron chi connectivity index (χ2n) is 3.61. The van der Waals surface area contributed by atoms with E-state index in [-0.39, 0.29) is 6.67 Å². The average Bonchev–Trinajstić information content (AvgIpc) is 2.12. The SMILES string of the molecule is C[C](CF)c1c(C)ccc(C)c1C. The zero-order valence-corrected chi connectivity index (χ0v) is 8.74. The Morgan fingerprint density at radius 1 is 1.15 bits per heavy atom. The highest BCUT2D eigenvalue weighted by Crippen LogP contribution is 2.25. The predicted molar refractivity (Wildman–Crippen MR) is 54.6 cm³/mol. The number of hydrogen-bond donors (Lipinski definition) is 0. The van der Waals surface area contributed by atoms with Crippen LogP contribution in [0.4, 0.5) is 4.39 Å². The fourth-order valence-corrected chi connectivity index (χ4v) is 1.67. The molecule has 1 aromatic rings. The lowest BCUT2D eigenvalue weighted by atomic mass is 9.90. The molecule has 0 amide bonds. The van der Waals surface area contributed by atoms with Gasteiger partial charge in [-0.05, 0) is 43.0 Å². The van der Waals surface area contributed by atoms with Crippen molar-refractivity contribution in [1.82, 2.24) is 0 Å². The Hall–Kier alpha value is -0.850. The van der Waals surface area contributed by atoms with E-state index in [1.54, 1.807) is 0 Å². The van der Waals surface area contributed by atoms with Gasteiger partial charge in [-0.2, -0.15) is 0 Å². The van der Waals surface area contributed by atoms with Gasteiger partial charge in [-0.25, -0.2) is 0 Å². The average molecular weight is 179 g/mol. The first-order valence-electron chi connectivity index (χ1n) is 4.53. The summed E-state index contributed by atoms with van der Waals surface area (Å²) in [6, 6.07) is 4.14. The van der Waals surface area contributed by atoms with Gasteiger partial charge in [-0.1, -0.05) is 19.1 Å². The molecule has 0 aliphatic rings. The second-order valence-corrected chi connectivity index (χ2v) is 3.61. The molecule has 0 saturated heterocycles. The van der Waals surface area contributed by atoms with Crippen molar-refractivity contribution in [1.29, 1.82) is 0 Å². The number of alkyl halides is 1. The van der Waals surface area contributed by atoms with Crippen molar-refractivity contribution < 1.29 is 4.39 Å². The van der Waals surface area contributed by atoms with Crippen LogP contribution in [0.5, 0.6) is 0 Å². The molecule has 0 nitrogen and oxygen atoms in total. The van der Waals surface area contributed by atoms with Crippen LogP contribution < -0.4 is 0 Å². The van der Waals surface area contributed by atoms with E-state index in [2.05, 4.69) is 26.0 Å². The molecular weight excluding hydrogens is 163 g/mol. The van der Waals surface area contributed by atoms with Crippen molar-refractivity contribution in [3.05, 3.63) is 40.3 Å². The summed E-state index contributed by atoms with van der Waals surface area (Å²) in [6.07, 6.45) is 0. The Balaban J connectivity index is 3.25. The smallest absolute Gasteiger partial charge is 0.0997 e. The minimum Gasteiger partial charge on any atom is -0.250 e. The van der Waals surface area contributed by atoms with Crippen LogP contribution in [0.25, 0.3) is 0 Å². The first-order valence-corrected chi connectivity index (χ1v) is 4.53. The Morgan fingerprint density at radius 2 is 1.69 bits per heavy atom. The standard InChI is InChI=1S/C12H16F/c1-8-5-6-9(2)12(11(8)4)10(3)7-13/h5-6H,7H2,1-4H3. The van der Waals surface area contributed by atoms with E-state index in [1.807, 2.05) is 13.8 Å². The van der Waals surface area contributed by atoms with Crippen LogP contribution in [0.2, 0.25) is 0 Å². The minimum atomic E-state index is -0.356. The summed E-state index contributed by atoms with van der Waals surface area (Å²) < 4.78 is 12.5. The molecule has 0 aliphatic carbocycles. The monoisotopic (exact) mass is 179 g/mol. The summed E-state index contributed by atoms with van der Waals surface area (Å²) in [5.41, 5.74) is 4.70. The van der Waals surface area contributed by atoms with E-state index in [1.165, 1.54) is 16.7 Å². The molecule has 0 fully saturated rings. The lowest BCUT2D eigenvalue weighted by Gasteiger charge is -2.15. The fourth-order valence-electron chi connectivity index (χ4n) is 1.67. The lowest BCUT2D eigenvalue weighted by molar-refractivity contribution is 0.515. The van der Waals surface area contributed by atoms with Crippen molar-refractivity contribution in [2.75, 3.05) is 6.67 Å². The molecule has 0 unspecified atom stereocenters. The summed E-state index contributed by atoms with van der Waals surface area (Å²) in [5.74, 6) is 0.832. The topological polar surface area (TPSA) is 0 Å². The van der Waals surface area contributed by atoms with E-state index >= 15 is 0 Å². The zero-order valence-electron chi connectivity index (χ0n) is 8.74. The van der Waals surface area contributed by atoms with Crippen LogP contribution >= 0.6 is 0 Å². The molecule has 0 heterocycles. The summed E-state index contributed by atoms with van der Waals surface area (Å²) in [6.45, 7) is 7.64. The highest BCUT2D eigenvalue weighted by molar-refractivity contribution is 5.46. The first kappa shape index (κ1) is 10.2. The minimum absolute atomic E-state index is 0.356. The third-order valence-corrected chi connectivity index (χ3v) is 2.57. The quantitative estimate of drug-likeness (QED) is 0.651. The maximum Gasteiger partial charge on any atom is 0.0997 e. The van der Waals surface area contributed by atoms with Gasteiger partial charge < -0.3 is 0 Å².